The maximum Gasteiger partial charge on any atom is 0.252 e. The van der Waals surface area contributed by atoms with Crippen LogP contribution in [-0.2, 0) is 0 Å². The molecule has 2 aliphatic carbocycles. The summed E-state index contributed by atoms with van der Waals surface area (Å²) in [6, 6.07) is 4.41. The Morgan fingerprint density at radius 3 is 2.66 bits per heavy atom. The van der Waals surface area contributed by atoms with Crippen LogP contribution in [0.1, 0.15) is 61.8 Å². The number of hydrogen-bond acceptors (Lipinski definition) is 5. The van der Waals surface area contributed by atoms with Crippen LogP contribution in [0.25, 0.3) is 5.65 Å². The summed E-state index contributed by atoms with van der Waals surface area (Å²) in [6.07, 6.45) is 7.15. The molecule has 3 aliphatic rings. The Kier molecular flexibility index (Phi) is 5.04. The van der Waals surface area contributed by atoms with Gasteiger partial charge in [0.1, 0.15) is 0 Å². The van der Waals surface area contributed by atoms with E-state index in [4.69, 9.17) is 0 Å². The molecule has 1 amide bonds. The minimum absolute atomic E-state index is 0.00169. The Bertz CT molecular complexity index is 885. The van der Waals surface area contributed by atoms with E-state index in [1.54, 1.807) is 0 Å². The van der Waals surface area contributed by atoms with Gasteiger partial charge in [0, 0.05) is 45.0 Å². The van der Waals surface area contributed by atoms with Gasteiger partial charge in [-0.1, -0.05) is 0 Å². The summed E-state index contributed by atoms with van der Waals surface area (Å²) >= 11 is 0. The third-order valence-corrected chi connectivity index (χ3v) is 6.62. The first-order valence-electron chi connectivity index (χ1n) is 11.2. The molecule has 156 valence electrons. The van der Waals surface area contributed by atoms with Crippen molar-refractivity contribution in [3.8, 4) is 0 Å². The third kappa shape index (κ3) is 4.16. The van der Waals surface area contributed by atoms with Gasteiger partial charge in [-0.3, -0.25) is 19.0 Å². The van der Waals surface area contributed by atoms with Gasteiger partial charge in [0.15, 0.2) is 11.5 Å². The molecule has 0 radical (unpaired) electrons. The van der Waals surface area contributed by atoms with Gasteiger partial charge in [0.2, 0.25) is 0 Å². The molecular formula is C22H32N6O. The van der Waals surface area contributed by atoms with Crippen LogP contribution >= 0.6 is 0 Å². The van der Waals surface area contributed by atoms with Crippen molar-refractivity contribution < 1.29 is 4.79 Å². The van der Waals surface area contributed by atoms with Gasteiger partial charge < -0.3 is 5.32 Å². The molecule has 0 spiro atoms. The molecule has 3 fully saturated rings. The van der Waals surface area contributed by atoms with E-state index in [-0.39, 0.29) is 11.9 Å². The second kappa shape index (κ2) is 7.69. The first kappa shape index (κ1) is 19.0. The van der Waals surface area contributed by atoms with E-state index >= 15 is 0 Å². The van der Waals surface area contributed by atoms with Crippen molar-refractivity contribution in [3.63, 3.8) is 0 Å². The van der Waals surface area contributed by atoms with Crippen LogP contribution in [0.3, 0.4) is 0 Å². The van der Waals surface area contributed by atoms with E-state index in [1.807, 2.05) is 22.7 Å². The van der Waals surface area contributed by atoms with Crippen molar-refractivity contribution >= 4 is 11.6 Å². The number of carbonyl (C=O) groups excluding carboxylic acids is 1. The SMILES string of the molecule is CC(C)N1CCN(CC2CC2)C[C@H]1c1nnc2ccc(C(=O)NCC3CC3)cn12. The predicted molar refractivity (Wildman–Crippen MR) is 112 cm³/mol. The van der Waals surface area contributed by atoms with Gasteiger partial charge in [0.05, 0.1) is 11.6 Å². The van der Waals surface area contributed by atoms with Crippen molar-refractivity contribution in [1.29, 1.82) is 0 Å². The highest BCUT2D eigenvalue weighted by molar-refractivity contribution is 5.94. The topological polar surface area (TPSA) is 65.8 Å². The third-order valence-electron chi connectivity index (χ3n) is 6.62. The van der Waals surface area contributed by atoms with E-state index in [9.17, 15) is 4.79 Å². The Balaban J connectivity index is 1.41. The molecule has 0 bridgehead atoms. The summed E-state index contributed by atoms with van der Waals surface area (Å²) in [5.41, 5.74) is 1.49. The van der Waals surface area contributed by atoms with E-state index in [1.165, 1.54) is 32.2 Å². The maximum atomic E-state index is 12.6. The summed E-state index contributed by atoms with van der Waals surface area (Å²) in [5, 5.41) is 12.1. The number of nitrogens with zero attached hydrogens (tertiary/aromatic N) is 5. The molecular weight excluding hydrogens is 364 g/mol. The monoisotopic (exact) mass is 396 g/mol. The van der Waals surface area contributed by atoms with Gasteiger partial charge in [-0.15, -0.1) is 10.2 Å². The van der Waals surface area contributed by atoms with Crippen molar-refractivity contribution in [1.82, 2.24) is 29.7 Å². The summed E-state index contributed by atoms with van der Waals surface area (Å²) in [6.45, 7) is 9.64. The largest absolute Gasteiger partial charge is 0.352 e. The summed E-state index contributed by atoms with van der Waals surface area (Å²) < 4.78 is 2.03. The molecule has 29 heavy (non-hydrogen) atoms. The molecule has 1 N–H and O–H groups in total. The molecule has 1 saturated heterocycles. The molecule has 2 aromatic rings. The van der Waals surface area contributed by atoms with E-state index in [0.29, 0.717) is 17.5 Å². The molecule has 2 aromatic heterocycles. The van der Waals surface area contributed by atoms with Crippen LogP contribution in [0.5, 0.6) is 0 Å². The molecule has 5 rings (SSSR count). The number of fused-ring (bicyclic) bond motifs is 1. The molecule has 0 aromatic carbocycles. The lowest BCUT2D eigenvalue weighted by Crippen LogP contribution is -2.51. The van der Waals surface area contributed by atoms with Crippen LogP contribution in [0.2, 0.25) is 0 Å². The minimum atomic E-state index is -0.00169. The van der Waals surface area contributed by atoms with Crippen LogP contribution in [0.15, 0.2) is 18.3 Å². The fourth-order valence-corrected chi connectivity index (χ4v) is 4.46. The second-order valence-electron chi connectivity index (χ2n) is 9.41. The van der Waals surface area contributed by atoms with Gasteiger partial charge in [-0.25, -0.2) is 0 Å². The summed E-state index contributed by atoms with van der Waals surface area (Å²) in [4.78, 5) is 17.7. The standard InChI is InChI=1S/C22H32N6O/c1-15(2)27-10-9-26(12-17-5-6-17)14-19(27)21-25-24-20-8-7-18(13-28(20)21)22(29)23-11-16-3-4-16/h7-8,13,15-17,19H,3-6,9-12,14H2,1-2H3,(H,23,29)/t19-/m0/s1. The van der Waals surface area contributed by atoms with E-state index in [0.717, 1.165) is 43.6 Å². The quantitative estimate of drug-likeness (QED) is 0.778. The summed E-state index contributed by atoms with van der Waals surface area (Å²) in [7, 11) is 0. The number of aromatic nitrogens is 3. The van der Waals surface area contributed by atoms with Gasteiger partial charge in [-0.2, -0.15) is 0 Å². The molecule has 7 heteroatoms. The van der Waals surface area contributed by atoms with Gasteiger partial charge in [-0.05, 0) is 63.5 Å². The zero-order chi connectivity index (χ0) is 20.0. The van der Waals surface area contributed by atoms with Crippen molar-refractivity contribution in [2.45, 2.75) is 51.6 Å². The first-order valence-corrected chi connectivity index (χ1v) is 11.2. The van der Waals surface area contributed by atoms with E-state index in [2.05, 4.69) is 39.2 Å². The van der Waals surface area contributed by atoms with Crippen molar-refractivity contribution in [3.05, 3.63) is 29.7 Å². The van der Waals surface area contributed by atoms with Crippen molar-refractivity contribution in [2.75, 3.05) is 32.7 Å². The lowest BCUT2D eigenvalue weighted by atomic mass is 10.1. The number of rotatable bonds is 7. The predicted octanol–water partition coefficient (Wildman–Crippen LogP) is 2.35. The highest BCUT2D eigenvalue weighted by Crippen LogP contribution is 2.33. The lowest BCUT2D eigenvalue weighted by molar-refractivity contribution is 0.0437. The normalized spacial score (nSPS) is 23.8. The zero-order valence-corrected chi connectivity index (χ0v) is 17.5. The van der Waals surface area contributed by atoms with E-state index < -0.39 is 0 Å². The Morgan fingerprint density at radius 2 is 1.93 bits per heavy atom. The number of carbonyl (C=O) groups is 1. The lowest BCUT2D eigenvalue weighted by Gasteiger charge is -2.42. The number of nitrogens with one attached hydrogen (secondary N) is 1. The van der Waals surface area contributed by atoms with Gasteiger partial charge in [0.25, 0.3) is 5.91 Å². The van der Waals surface area contributed by atoms with Crippen LogP contribution < -0.4 is 5.32 Å². The maximum absolute atomic E-state index is 12.6. The first-order chi connectivity index (χ1) is 14.1. The molecule has 2 saturated carbocycles. The van der Waals surface area contributed by atoms with Gasteiger partial charge >= 0.3 is 0 Å². The highest BCUT2D eigenvalue weighted by atomic mass is 16.1. The Hall–Kier alpha value is -1.99. The van der Waals surface area contributed by atoms with Crippen LogP contribution in [0, 0.1) is 11.8 Å². The molecule has 7 nitrogen and oxygen atoms in total. The Labute approximate surface area is 172 Å². The molecule has 3 heterocycles. The highest BCUT2D eigenvalue weighted by Gasteiger charge is 2.35. The van der Waals surface area contributed by atoms with Crippen LogP contribution in [-0.4, -0.2) is 69.1 Å². The fourth-order valence-electron chi connectivity index (χ4n) is 4.46. The molecule has 1 atom stereocenters. The molecule has 0 unspecified atom stereocenters. The number of hydrogen-bond donors (Lipinski definition) is 1. The Morgan fingerprint density at radius 1 is 1.14 bits per heavy atom. The average Bonchev–Trinajstić information content (AvgIpc) is 3.65. The van der Waals surface area contributed by atoms with Crippen LogP contribution in [0.4, 0.5) is 0 Å². The minimum Gasteiger partial charge on any atom is -0.352 e. The number of pyridine rings is 1. The second-order valence-corrected chi connectivity index (χ2v) is 9.41. The fraction of sp³-hybridized carbons (Fsp3) is 0.682. The van der Waals surface area contributed by atoms with Crippen molar-refractivity contribution in [2.24, 2.45) is 11.8 Å². The zero-order valence-electron chi connectivity index (χ0n) is 17.5. The number of amides is 1. The number of piperazine rings is 1. The average molecular weight is 397 g/mol. The smallest absolute Gasteiger partial charge is 0.252 e. The summed E-state index contributed by atoms with van der Waals surface area (Å²) in [5.74, 6) is 2.51. The molecule has 1 aliphatic heterocycles.